The molecule has 1 rings (SSSR count). The van der Waals surface area contributed by atoms with Gasteiger partial charge in [0.05, 0.1) is 0 Å². The molecular weight excluding hydrogens is 365 g/mol. The molecule has 1 nitrogen and oxygen atoms in total. The molecule has 0 saturated carbocycles. The number of rotatable bonds is 4. The summed E-state index contributed by atoms with van der Waals surface area (Å²) >= 11 is 5.77. The molecular formula is C12H13BrIN. The van der Waals surface area contributed by atoms with Crippen LogP contribution in [0.3, 0.4) is 0 Å². The number of hydrogen-bond donors (Lipinski definition) is 1. The molecule has 0 saturated heterocycles. The number of benzene rings is 1. The van der Waals surface area contributed by atoms with Gasteiger partial charge in [0.1, 0.15) is 0 Å². The van der Waals surface area contributed by atoms with Crippen LogP contribution in [-0.2, 0) is 0 Å². The van der Waals surface area contributed by atoms with Crippen molar-refractivity contribution in [2.45, 2.75) is 25.3 Å². The molecule has 0 aliphatic rings. The highest BCUT2D eigenvalue weighted by Gasteiger charge is 2.09. The van der Waals surface area contributed by atoms with Gasteiger partial charge in [0, 0.05) is 20.5 Å². The molecule has 0 spiro atoms. The lowest BCUT2D eigenvalue weighted by Crippen LogP contribution is -2.11. The Kier molecular flexibility index (Phi) is 5.65. The molecule has 80 valence electrons. The van der Waals surface area contributed by atoms with E-state index in [0.717, 1.165) is 23.7 Å². The highest BCUT2D eigenvalue weighted by molar-refractivity contribution is 14.1. The van der Waals surface area contributed by atoms with Crippen LogP contribution in [0.25, 0.3) is 0 Å². The van der Waals surface area contributed by atoms with Crippen molar-refractivity contribution >= 4 is 38.5 Å². The van der Waals surface area contributed by atoms with Crippen LogP contribution in [0, 0.1) is 15.9 Å². The van der Waals surface area contributed by atoms with Crippen molar-refractivity contribution in [1.29, 1.82) is 0 Å². The lowest BCUT2D eigenvalue weighted by Gasteiger charge is -2.13. The standard InChI is InChI=1S/C12H13BrIN/c1-2-3-4-5-12(15)10-8-9(13)6-7-11(10)14/h1,6-8,12H,3-5,15H2. The summed E-state index contributed by atoms with van der Waals surface area (Å²) in [6.45, 7) is 0. The van der Waals surface area contributed by atoms with Crippen LogP contribution < -0.4 is 5.73 Å². The Bertz CT molecular complexity index is 370. The Morgan fingerprint density at radius 3 is 2.93 bits per heavy atom. The first-order valence-corrected chi connectivity index (χ1v) is 6.66. The summed E-state index contributed by atoms with van der Waals surface area (Å²) in [5.41, 5.74) is 7.31. The van der Waals surface area contributed by atoms with Gasteiger partial charge < -0.3 is 5.73 Å². The lowest BCUT2D eigenvalue weighted by atomic mass is 10.0. The zero-order chi connectivity index (χ0) is 11.3. The maximum absolute atomic E-state index is 6.11. The van der Waals surface area contributed by atoms with Crippen LogP contribution in [0.1, 0.15) is 30.9 Å². The third kappa shape index (κ3) is 4.13. The predicted molar refractivity (Wildman–Crippen MR) is 76.5 cm³/mol. The van der Waals surface area contributed by atoms with E-state index >= 15 is 0 Å². The zero-order valence-electron chi connectivity index (χ0n) is 8.34. The fourth-order valence-electron chi connectivity index (χ4n) is 1.38. The second-order valence-electron chi connectivity index (χ2n) is 3.37. The van der Waals surface area contributed by atoms with Crippen molar-refractivity contribution in [2.75, 3.05) is 0 Å². The molecule has 0 aliphatic carbocycles. The maximum Gasteiger partial charge on any atom is 0.0306 e. The Hall–Kier alpha value is -0.0500. The van der Waals surface area contributed by atoms with E-state index in [1.807, 2.05) is 6.07 Å². The number of nitrogens with two attached hydrogens (primary N) is 1. The second kappa shape index (κ2) is 6.51. The van der Waals surface area contributed by atoms with E-state index in [0.29, 0.717) is 0 Å². The highest BCUT2D eigenvalue weighted by atomic mass is 127. The highest BCUT2D eigenvalue weighted by Crippen LogP contribution is 2.25. The number of unbranched alkanes of at least 4 members (excludes halogenated alkanes) is 1. The van der Waals surface area contributed by atoms with E-state index in [2.05, 4.69) is 56.6 Å². The van der Waals surface area contributed by atoms with Gasteiger partial charge in [-0.15, -0.1) is 12.3 Å². The molecule has 15 heavy (non-hydrogen) atoms. The van der Waals surface area contributed by atoms with Crippen LogP contribution in [-0.4, -0.2) is 0 Å². The van der Waals surface area contributed by atoms with Crippen molar-refractivity contribution in [1.82, 2.24) is 0 Å². The Morgan fingerprint density at radius 1 is 1.53 bits per heavy atom. The van der Waals surface area contributed by atoms with Crippen LogP contribution in [0.15, 0.2) is 22.7 Å². The van der Waals surface area contributed by atoms with E-state index in [-0.39, 0.29) is 6.04 Å². The molecule has 3 heteroatoms. The summed E-state index contributed by atoms with van der Waals surface area (Å²) in [5, 5.41) is 0. The summed E-state index contributed by atoms with van der Waals surface area (Å²) in [7, 11) is 0. The van der Waals surface area contributed by atoms with Crippen molar-refractivity contribution < 1.29 is 0 Å². The first-order chi connectivity index (χ1) is 7.15. The molecule has 1 unspecified atom stereocenters. The van der Waals surface area contributed by atoms with Gasteiger partial charge in [0.15, 0.2) is 0 Å². The minimum Gasteiger partial charge on any atom is -0.324 e. The lowest BCUT2D eigenvalue weighted by molar-refractivity contribution is 0.618. The van der Waals surface area contributed by atoms with Gasteiger partial charge in [-0.2, -0.15) is 0 Å². The molecule has 0 radical (unpaired) electrons. The van der Waals surface area contributed by atoms with Crippen LogP contribution in [0.5, 0.6) is 0 Å². The fraction of sp³-hybridized carbons (Fsp3) is 0.333. The largest absolute Gasteiger partial charge is 0.324 e. The first-order valence-electron chi connectivity index (χ1n) is 4.79. The molecule has 1 aromatic carbocycles. The van der Waals surface area contributed by atoms with Crippen molar-refractivity contribution in [2.24, 2.45) is 5.73 Å². The fourth-order valence-corrected chi connectivity index (χ4v) is 2.49. The van der Waals surface area contributed by atoms with Crippen molar-refractivity contribution in [3.05, 3.63) is 31.8 Å². The molecule has 0 aromatic heterocycles. The molecule has 0 heterocycles. The van der Waals surface area contributed by atoms with E-state index in [9.17, 15) is 0 Å². The third-order valence-corrected chi connectivity index (χ3v) is 3.67. The van der Waals surface area contributed by atoms with Crippen molar-refractivity contribution in [3.8, 4) is 12.3 Å². The number of terminal acetylenes is 1. The molecule has 0 bridgehead atoms. The zero-order valence-corrected chi connectivity index (χ0v) is 12.1. The third-order valence-electron chi connectivity index (χ3n) is 2.19. The van der Waals surface area contributed by atoms with Crippen LogP contribution in [0.2, 0.25) is 0 Å². The van der Waals surface area contributed by atoms with Gasteiger partial charge in [0.25, 0.3) is 0 Å². The summed E-state index contributed by atoms with van der Waals surface area (Å²) in [6.07, 6.45) is 7.94. The van der Waals surface area contributed by atoms with Gasteiger partial charge in [0.2, 0.25) is 0 Å². The van der Waals surface area contributed by atoms with E-state index < -0.39 is 0 Å². The van der Waals surface area contributed by atoms with Gasteiger partial charge in [-0.3, -0.25) is 0 Å². The number of halogens is 2. The minimum absolute atomic E-state index is 0.0859. The predicted octanol–water partition coefficient (Wildman–Crippen LogP) is 3.86. The summed E-state index contributed by atoms with van der Waals surface area (Å²) < 4.78 is 2.29. The molecule has 0 amide bonds. The quantitative estimate of drug-likeness (QED) is 0.481. The maximum atomic E-state index is 6.11. The molecule has 1 atom stereocenters. The molecule has 0 aliphatic heterocycles. The van der Waals surface area contributed by atoms with Gasteiger partial charge in [-0.05, 0) is 59.2 Å². The van der Waals surface area contributed by atoms with Crippen LogP contribution >= 0.6 is 38.5 Å². The second-order valence-corrected chi connectivity index (χ2v) is 5.45. The van der Waals surface area contributed by atoms with Crippen LogP contribution in [0.4, 0.5) is 0 Å². The van der Waals surface area contributed by atoms with Gasteiger partial charge in [-0.1, -0.05) is 15.9 Å². The first kappa shape index (κ1) is 13.0. The average Bonchev–Trinajstić information content (AvgIpc) is 2.22. The summed E-state index contributed by atoms with van der Waals surface area (Å²) in [4.78, 5) is 0. The monoisotopic (exact) mass is 377 g/mol. The molecule has 0 fully saturated rings. The minimum atomic E-state index is 0.0859. The van der Waals surface area contributed by atoms with E-state index in [1.54, 1.807) is 0 Å². The summed E-state index contributed by atoms with van der Waals surface area (Å²) in [5.74, 6) is 2.63. The van der Waals surface area contributed by atoms with Gasteiger partial charge in [-0.25, -0.2) is 0 Å². The normalized spacial score (nSPS) is 12.1. The SMILES string of the molecule is C#CCCCC(N)c1cc(Br)ccc1I. The Balaban J connectivity index is 2.69. The Labute approximate surface area is 113 Å². The number of hydrogen-bond acceptors (Lipinski definition) is 1. The van der Waals surface area contributed by atoms with Crippen molar-refractivity contribution in [3.63, 3.8) is 0 Å². The van der Waals surface area contributed by atoms with E-state index in [1.165, 1.54) is 9.13 Å². The van der Waals surface area contributed by atoms with Gasteiger partial charge >= 0.3 is 0 Å². The molecule has 1 aromatic rings. The average molecular weight is 378 g/mol. The summed E-state index contributed by atoms with van der Waals surface area (Å²) in [6, 6.07) is 6.27. The Morgan fingerprint density at radius 2 is 2.27 bits per heavy atom. The smallest absolute Gasteiger partial charge is 0.0306 e. The van der Waals surface area contributed by atoms with E-state index in [4.69, 9.17) is 12.2 Å². The topological polar surface area (TPSA) is 26.0 Å². The molecule has 2 N–H and O–H groups in total.